The summed E-state index contributed by atoms with van der Waals surface area (Å²) in [7, 11) is 0. The van der Waals surface area contributed by atoms with Crippen LogP contribution in [0.4, 0.5) is 5.69 Å². The smallest absolute Gasteiger partial charge is 0.0897 e. The predicted molar refractivity (Wildman–Crippen MR) is 92.9 cm³/mol. The molecule has 0 amide bonds. The van der Waals surface area contributed by atoms with Crippen LogP contribution in [-0.2, 0) is 4.74 Å². The molecule has 3 atom stereocenters. The average molecular weight is 325 g/mol. The second-order valence-electron chi connectivity index (χ2n) is 6.39. The zero-order valence-corrected chi connectivity index (χ0v) is 13.3. The Bertz CT molecular complexity index is 888. The van der Waals surface area contributed by atoms with Crippen molar-refractivity contribution in [1.82, 2.24) is 4.98 Å². The van der Waals surface area contributed by atoms with Crippen molar-refractivity contribution in [1.29, 1.82) is 0 Å². The van der Waals surface area contributed by atoms with Crippen molar-refractivity contribution >= 4 is 28.2 Å². The Kier molecular flexibility index (Phi) is 2.94. The Hall–Kier alpha value is -1.97. The van der Waals surface area contributed by atoms with Gasteiger partial charge in [0.2, 0.25) is 0 Å². The predicted octanol–water partition coefficient (Wildman–Crippen LogP) is 5.07. The Morgan fingerprint density at radius 2 is 2.00 bits per heavy atom. The van der Waals surface area contributed by atoms with Gasteiger partial charge in [-0.2, -0.15) is 0 Å². The Morgan fingerprint density at radius 1 is 1.09 bits per heavy atom. The summed E-state index contributed by atoms with van der Waals surface area (Å²) in [6, 6.07) is 14.8. The minimum Gasteiger partial charge on any atom is -0.377 e. The first kappa shape index (κ1) is 13.5. The minimum absolute atomic E-state index is 0.128. The molecular formula is C19H17ClN2O. The quantitative estimate of drug-likeness (QED) is 0.656. The fourth-order valence-corrected chi connectivity index (χ4v) is 4.28. The van der Waals surface area contributed by atoms with E-state index in [4.69, 9.17) is 16.3 Å². The summed E-state index contributed by atoms with van der Waals surface area (Å²) in [4.78, 5) is 3.40. The number of nitrogens with one attached hydrogen (secondary N) is 2. The molecular weight excluding hydrogens is 308 g/mol. The highest BCUT2D eigenvalue weighted by Crippen LogP contribution is 2.51. The summed E-state index contributed by atoms with van der Waals surface area (Å²) in [6.45, 7) is 0.807. The maximum atomic E-state index is 6.19. The van der Waals surface area contributed by atoms with E-state index in [1.807, 2.05) is 12.1 Å². The molecule has 0 spiro atoms. The van der Waals surface area contributed by atoms with Gasteiger partial charge in [-0.05, 0) is 36.2 Å². The number of benzene rings is 2. The molecule has 0 aliphatic carbocycles. The molecule has 0 bridgehead atoms. The molecule has 2 aliphatic rings. The molecule has 2 N–H and O–H groups in total. The molecule has 0 saturated carbocycles. The van der Waals surface area contributed by atoms with Gasteiger partial charge in [0.15, 0.2) is 0 Å². The lowest BCUT2D eigenvalue weighted by atomic mass is 9.81. The second-order valence-corrected chi connectivity index (χ2v) is 6.82. The normalized spacial score (nSPS) is 25.9. The van der Waals surface area contributed by atoms with Crippen molar-refractivity contribution in [2.75, 3.05) is 11.9 Å². The number of para-hydroxylation sites is 1. The van der Waals surface area contributed by atoms with Gasteiger partial charge in [0.25, 0.3) is 0 Å². The molecule has 116 valence electrons. The first-order valence-electron chi connectivity index (χ1n) is 8.05. The van der Waals surface area contributed by atoms with Gasteiger partial charge in [-0.1, -0.05) is 29.8 Å². The van der Waals surface area contributed by atoms with E-state index in [1.54, 1.807) is 0 Å². The number of anilines is 1. The van der Waals surface area contributed by atoms with Gasteiger partial charge in [-0.25, -0.2) is 0 Å². The van der Waals surface area contributed by atoms with Crippen molar-refractivity contribution in [3.05, 3.63) is 64.8 Å². The van der Waals surface area contributed by atoms with Gasteiger partial charge in [-0.3, -0.25) is 0 Å². The first-order chi connectivity index (χ1) is 11.3. The maximum Gasteiger partial charge on any atom is 0.0897 e. The lowest BCUT2D eigenvalue weighted by Crippen LogP contribution is -2.29. The molecule has 4 heteroatoms. The fraction of sp³-hybridized carbons (Fsp3) is 0.263. The van der Waals surface area contributed by atoms with E-state index >= 15 is 0 Å². The average Bonchev–Trinajstić information content (AvgIpc) is 3.21. The standard InChI is InChI=1S/C19H17ClN2O/c20-11-5-6-17-14(9-11)19-13(7-8-23-19)18(22-17)15-10-21-16-4-2-1-3-12(15)16/h1-6,9-10,13,18-19,21-22H,7-8H2/t13-,18+,19-/m0/s1. The number of aromatic amines is 1. The third-order valence-electron chi connectivity index (χ3n) is 5.15. The van der Waals surface area contributed by atoms with Crippen LogP contribution in [0.5, 0.6) is 0 Å². The maximum absolute atomic E-state index is 6.19. The van der Waals surface area contributed by atoms with Crippen molar-refractivity contribution in [3.8, 4) is 0 Å². The first-order valence-corrected chi connectivity index (χ1v) is 8.42. The number of aromatic nitrogens is 1. The molecule has 3 heterocycles. The Morgan fingerprint density at radius 3 is 2.96 bits per heavy atom. The summed E-state index contributed by atoms with van der Waals surface area (Å²) >= 11 is 6.19. The molecule has 1 aromatic heterocycles. The summed E-state index contributed by atoms with van der Waals surface area (Å²) in [5.41, 5.74) is 4.83. The van der Waals surface area contributed by atoms with Crippen LogP contribution in [0, 0.1) is 5.92 Å². The third-order valence-corrected chi connectivity index (χ3v) is 5.39. The van der Waals surface area contributed by atoms with Gasteiger partial charge in [0, 0.05) is 45.9 Å². The monoisotopic (exact) mass is 324 g/mol. The fourth-order valence-electron chi connectivity index (χ4n) is 4.10. The minimum atomic E-state index is 0.128. The molecule has 3 nitrogen and oxygen atoms in total. The van der Waals surface area contributed by atoms with Crippen molar-refractivity contribution in [2.24, 2.45) is 5.92 Å². The number of rotatable bonds is 1. The van der Waals surface area contributed by atoms with Gasteiger partial charge >= 0.3 is 0 Å². The zero-order chi connectivity index (χ0) is 15.4. The lowest BCUT2D eigenvalue weighted by molar-refractivity contribution is 0.0830. The van der Waals surface area contributed by atoms with Crippen LogP contribution in [0.3, 0.4) is 0 Å². The molecule has 1 fully saturated rings. The zero-order valence-electron chi connectivity index (χ0n) is 12.6. The van der Waals surface area contributed by atoms with Crippen LogP contribution < -0.4 is 5.32 Å². The summed E-state index contributed by atoms with van der Waals surface area (Å²) in [5.74, 6) is 0.431. The highest BCUT2D eigenvalue weighted by Gasteiger charge is 2.42. The van der Waals surface area contributed by atoms with Gasteiger partial charge in [0.05, 0.1) is 12.1 Å². The van der Waals surface area contributed by atoms with E-state index in [9.17, 15) is 0 Å². The Balaban J connectivity index is 1.65. The van der Waals surface area contributed by atoms with Gasteiger partial charge in [0.1, 0.15) is 0 Å². The van der Waals surface area contributed by atoms with Crippen LogP contribution in [0.1, 0.15) is 29.7 Å². The molecule has 5 rings (SSSR count). The van der Waals surface area contributed by atoms with Crippen LogP contribution in [0.25, 0.3) is 10.9 Å². The summed E-state index contributed by atoms with van der Waals surface area (Å²) < 4.78 is 6.07. The van der Waals surface area contributed by atoms with Crippen molar-refractivity contribution < 1.29 is 4.74 Å². The molecule has 2 aliphatic heterocycles. The largest absolute Gasteiger partial charge is 0.377 e. The van der Waals surface area contributed by atoms with Crippen LogP contribution in [0.15, 0.2) is 48.7 Å². The SMILES string of the molecule is Clc1ccc2c(c1)[C@H]1OCC[C@H]1[C@H](c1c[nH]c3ccccc13)N2. The van der Waals surface area contributed by atoms with Crippen LogP contribution >= 0.6 is 11.6 Å². The van der Waals surface area contributed by atoms with E-state index in [1.165, 1.54) is 22.0 Å². The lowest BCUT2D eigenvalue weighted by Gasteiger charge is -2.36. The van der Waals surface area contributed by atoms with E-state index in [2.05, 4.69) is 46.8 Å². The van der Waals surface area contributed by atoms with Gasteiger partial charge in [-0.15, -0.1) is 0 Å². The summed E-state index contributed by atoms with van der Waals surface area (Å²) in [5, 5.41) is 5.79. The van der Waals surface area contributed by atoms with Gasteiger partial charge < -0.3 is 15.0 Å². The molecule has 23 heavy (non-hydrogen) atoms. The highest BCUT2D eigenvalue weighted by atomic mass is 35.5. The topological polar surface area (TPSA) is 37.0 Å². The van der Waals surface area contributed by atoms with E-state index in [-0.39, 0.29) is 12.1 Å². The number of hydrogen-bond acceptors (Lipinski definition) is 2. The molecule has 1 saturated heterocycles. The number of hydrogen-bond donors (Lipinski definition) is 2. The number of halogens is 1. The molecule has 3 aromatic rings. The number of H-pyrrole nitrogens is 1. The molecule has 0 unspecified atom stereocenters. The molecule has 2 aromatic carbocycles. The number of fused-ring (bicyclic) bond motifs is 4. The van der Waals surface area contributed by atoms with Crippen LogP contribution in [-0.4, -0.2) is 11.6 Å². The van der Waals surface area contributed by atoms with Crippen molar-refractivity contribution in [3.63, 3.8) is 0 Å². The van der Waals surface area contributed by atoms with Crippen molar-refractivity contribution in [2.45, 2.75) is 18.6 Å². The molecule has 0 radical (unpaired) electrons. The van der Waals surface area contributed by atoms with E-state index in [0.29, 0.717) is 5.92 Å². The highest BCUT2D eigenvalue weighted by molar-refractivity contribution is 6.30. The number of ether oxygens (including phenoxy) is 1. The second kappa shape index (κ2) is 5.02. The third kappa shape index (κ3) is 2.00. The Labute approximate surface area is 139 Å². The van der Waals surface area contributed by atoms with E-state index < -0.39 is 0 Å². The summed E-state index contributed by atoms with van der Waals surface area (Å²) in [6.07, 6.45) is 3.33. The van der Waals surface area contributed by atoms with Crippen LogP contribution in [0.2, 0.25) is 5.02 Å². The van der Waals surface area contributed by atoms with E-state index in [0.717, 1.165) is 23.7 Å².